The van der Waals surface area contributed by atoms with Crippen LogP contribution in [0.15, 0.2) is 15.9 Å². The molecule has 80 valence electrons. The summed E-state index contributed by atoms with van der Waals surface area (Å²) in [5.74, 6) is 0.575. The number of anilines is 1. The molecule has 0 radical (unpaired) electrons. The number of likely N-dealkylation sites (N-methyl/N-ethyl adjacent to an activating group) is 1. The molecule has 1 aromatic heterocycles. The zero-order chi connectivity index (χ0) is 10.7. The molecule has 0 aliphatic carbocycles. The quantitative estimate of drug-likeness (QED) is 0.916. The van der Waals surface area contributed by atoms with Crippen molar-refractivity contribution in [3.05, 3.63) is 15.9 Å². The second kappa shape index (κ2) is 5.14. The standard InChI is InChI=1S/C10H17BrN2S/c1-7(2)8(6-12)13(3)10-5-4-9(11)14-10/h4-5,7-8H,6,12H2,1-3H3. The van der Waals surface area contributed by atoms with Gasteiger partial charge in [0.25, 0.3) is 0 Å². The molecule has 2 N–H and O–H groups in total. The summed E-state index contributed by atoms with van der Waals surface area (Å²) in [6.45, 7) is 5.11. The van der Waals surface area contributed by atoms with Crippen LogP contribution in [0.5, 0.6) is 0 Å². The Kier molecular flexibility index (Phi) is 4.41. The summed E-state index contributed by atoms with van der Waals surface area (Å²) < 4.78 is 1.17. The highest BCUT2D eigenvalue weighted by Gasteiger charge is 2.18. The Morgan fingerprint density at radius 2 is 2.14 bits per heavy atom. The van der Waals surface area contributed by atoms with Gasteiger partial charge in [-0.3, -0.25) is 0 Å². The van der Waals surface area contributed by atoms with Crippen molar-refractivity contribution >= 4 is 32.3 Å². The van der Waals surface area contributed by atoms with E-state index < -0.39 is 0 Å². The third-order valence-electron chi connectivity index (χ3n) is 2.42. The summed E-state index contributed by atoms with van der Waals surface area (Å²) in [5.41, 5.74) is 5.77. The minimum absolute atomic E-state index is 0.417. The van der Waals surface area contributed by atoms with Crippen LogP contribution in [0.3, 0.4) is 0 Å². The second-order valence-corrected chi connectivity index (χ2v) is 6.18. The van der Waals surface area contributed by atoms with Crippen molar-refractivity contribution in [1.82, 2.24) is 0 Å². The summed E-state index contributed by atoms with van der Waals surface area (Å²) in [7, 11) is 2.11. The average molecular weight is 277 g/mol. The third kappa shape index (κ3) is 2.72. The van der Waals surface area contributed by atoms with Crippen LogP contribution < -0.4 is 10.6 Å². The third-order valence-corrected chi connectivity index (χ3v) is 4.13. The summed E-state index contributed by atoms with van der Waals surface area (Å²) in [4.78, 5) is 2.26. The van der Waals surface area contributed by atoms with E-state index in [1.54, 1.807) is 11.3 Å². The van der Waals surface area contributed by atoms with Crippen LogP contribution in [0.25, 0.3) is 0 Å². The molecule has 14 heavy (non-hydrogen) atoms. The van der Waals surface area contributed by atoms with Gasteiger partial charge in [-0.25, -0.2) is 0 Å². The van der Waals surface area contributed by atoms with Crippen LogP contribution in [0.2, 0.25) is 0 Å². The van der Waals surface area contributed by atoms with Crippen LogP contribution in [0.4, 0.5) is 5.00 Å². The summed E-state index contributed by atoms with van der Waals surface area (Å²) in [6, 6.07) is 4.62. The van der Waals surface area contributed by atoms with E-state index in [-0.39, 0.29) is 0 Å². The zero-order valence-electron chi connectivity index (χ0n) is 8.83. The Morgan fingerprint density at radius 3 is 2.50 bits per heavy atom. The van der Waals surface area contributed by atoms with Gasteiger partial charge in [0.1, 0.15) is 0 Å². The molecule has 2 nitrogen and oxygen atoms in total. The van der Waals surface area contributed by atoms with Crippen LogP contribution in [0.1, 0.15) is 13.8 Å². The highest BCUT2D eigenvalue weighted by Crippen LogP contribution is 2.31. The van der Waals surface area contributed by atoms with E-state index in [0.29, 0.717) is 18.5 Å². The van der Waals surface area contributed by atoms with Gasteiger partial charge in [0, 0.05) is 19.6 Å². The number of nitrogens with zero attached hydrogens (tertiary/aromatic N) is 1. The molecule has 1 atom stereocenters. The average Bonchev–Trinajstić information content (AvgIpc) is 2.52. The van der Waals surface area contributed by atoms with Crippen molar-refractivity contribution in [3.63, 3.8) is 0 Å². The minimum Gasteiger partial charge on any atom is -0.362 e. The molecule has 1 rings (SSSR count). The number of hydrogen-bond donors (Lipinski definition) is 1. The Balaban J connectivity index is 2.77. The monoisotopic (exact) mass is 276 g/mol. The number of thiophene rings is 1. The van der Waals surface area contributed by atoms with E-state index in [1.807, 2.05) is 0 Å². The molecule has 0 bridgehead atoms. The molecular formula is C10H17BrN2S. The van der Waals surface area contributed by atoms with E-state index in [2.05, 4.69) is 53.9 Å². The fourth-order valence-electron chi connectivity index (χ4n) is 1.54. The van der Waals surface area contributed by atoms with E-state index >= 15 is 0 Å². The Labute approximate surface area is 98.2 Å². The normalized spacial score (nSPS) is 13.3. The summed E-state index contributed by atoms with van der Waals surface area (Å²) in [6.07, 6.45) is 0. The molecule has 0 saturated heterocycles. The van der Waals surface area contributed by atoms with Gasteiger partial charge in [-0.1, -0.05) is 13.8 Å². The lowest BCUT2D eigenvalue weighted by Gasteiger charge is -2.30. The number of halogens is 1. The molecule has 0 aromatic carbocycles. The first-order chi connectivity index (χ1) is 6.56. The fraction of sp³-hybridized carbons (Fsp3) is 0.600. The molecule has 1 unspecified atom stereocenters. The zero-order valence-corrected chi connectivity index (χ0v) is 11.2. The van der Waals surface area contributed by atoms with Gasteiger partial charge in [-0.15, -0.1) is 11.3 Å². The molecule has 0 fully saturated rings. The maximum absolute atomic E-state index is 5.77. The largest absolute Gasteiger partial charge is 0.362 e. The predicted molar refractivity (Wildman–Crippen MR) is 68.1 cm³/mol. The fourth-order valence-corrected chi connectivity index (χ4v) is 2.92. The molecular weight excluding hydrogens is 260 g/mol. The van der Waals surface area contributed by atoms with Crippen molar-refractivity contribution in [3.8, 4) is 0 Å². The smallest absolute Gasteiger partial charge is 0.0920 e. The second-order valence-electron chi connectivity index (χ2n) is 3.74. The lowest BCUT2D eigenvalue weighted by atomic mass is 10.0. The van der Waals surface area contributed by atoms with Gasteiger partial charge >= 0.3 is 0 Å². The van der Waals surface area contributed by atoms with Crippen LogP contribution in [0, 0.1) is 5.92 Å². The molecule has 0 amide bonds. The lowest BCUT2D eigenvalue weighted by Crippen LogP contribution is -2.41. The van der Waals surface area contributed by atoms with Crippen LogP contribution in [-0.4, -0.2) is 19.6 Å². The first-order valence-electron chi connectivity index (χ1n) is 4.74. The minimum atomic E-state index is 0.417. The molecule has 4 heteroatoms. The van der Waals surface area contributed by atoms with Crippen molar-refractivity contribution in [2.45, 2.75) is 19.9 Å². The van der Waals surface area contributed by atoms with E-state index in [0.717, 1.165) is 0 Å². The first kappa shape index (κ1) is 12.0. The van der Waals surface area contributed by atoms with Crippen molar-refractivity contribution in [1.29, 1.82) is 0 Å². The van der Waals surface area contributed by atoms with E-state index in [1.165, 1.54) is 8.79 Å². The molecule has 0 saturated carbocycles. The number of nitrogens with two attached hydrogens (primary N) is 1. The van der Waals surface area contributed by atoms with Crippen LogP contribution >= 0.6 is 27.3 Å². The van der Waals surface area contributed by atoms with E-state index in [4.69, 9.17) is 5.73 Å². The van der Waals surface area contributed by atoms with Gasteiger partial charge < -0.3 is 10.6 Å². The Morgan fingerprint density at radius 1 is 1.50 bits per heavy atom. The molecule has 0 aliphatic rings. The molecule has 0 spiro atoms. The summed E-state index contributed by atoms with van der Waals surface area (Å²) in [5, 5.41) is 1.26. The van der Waals surface area contributed by atoms with Gasteiger partial charge in [-0.05, 0) is 34.0 Å². The Bertz CT molecular complexity index is 285. The molecule has 1 heterocycles. The topological polar surface area (TPSA) is 29.3 Å². The highest BCUT2D eigenvalue weighted by atomic mass is 79.9. The van der Waals surface area contributed by atoms with Crippen molar-refractivity contribution in [2.24, 2.45) is 11.7 Å². The van der Waals surface area contributed by atoms with Gasteiger partial charge in [0.15, 0.2) is 0 Å². The van der Waals surface area contributed by atoms with Crippen molar-refractivity contribution in [2.75, 3.05) is 18.5 Å². The Hall–Kier alpha value is -0.0600. The maximum Gasteiger partial charge on any atom is 0.0920 e. The first-order valence-corrected chi connectivity index (χ1v) is 6.35. The van der Waals surface area contributed by atoms with Crippen LogP contribution in [-0.2, 0) is 0 Å². The maximum atomic E-state index is 5.77. The summed E-state index contributed by atoms with van der Waals surface area (Å²) >= 11 is 5.21. The van der Waals surface area contributed by atoms with Crippen molar-refractivity contribution < 1.29 is 0 Å². The number of rotatable bonds is 4. The predicted octanol–water partition coefficient (Wildman–Crippen LogP) is 2.93. The highest BCUT2D eigenvalue weighted by molar-refractivity contribution is 9.11. The molecule has 1 aromatic rings. The van der Waals surface area contributed by atoms with E-state index in [9.17, 15) is 0 Å². The van der Waals surface area contributed by atoms with Gasteiger partial charge in [0.2, 0.25) is 0 Å². The molecule has 0 aliphatic heterocycles. The van der Waals surface area contributed by atoms with Gasteiger partial charge in [0.05, 0.1) is 8.79 Å². The lowest BCUT2D eigenvalue weighted by molar-refractivity contribution is 0.481. The SMILES string of the molecule is CC(C)C(CN)N(C)c1ccc(Br)s1. The number of hydrogen-bond acceptors (Lipinski definition) is 3. The van der Waals surface area contributed by atoms with Gasteiger partial charge in [-0.2, -0.15) is 0 Å².